The summed E-state index contributed by atoms with van der Waals surface area (Å²) in [4.78, 5) is 0. The van der Waals surface area contributed by atoms with Gasteiger partial charge in [0.1, 0.15) is 5.75 Å². The molecule has 0 spiro atoms. The Balaban J connectivity index is 2.63. The largest absolute Gasteiger partial charge is 0.434 e. The van der Waals surface area contributed by atoms with Gasteiger partial charge in [-0.2, -0.15) is 8.78 Å². The van der Waals surface area contributed by atoms with E-state index in [1.165, 1.54) is 18.2 Å². The van der Waals surface area contributed by atoms with Crippen LogP contribution >= 0.6 is 11.6 Å². The molecule has 0 heterocycles. The van der Waals surface area contributed by atoms with Crippen LogP contribution in [0.25, 0.3) is 0 Å². The molecule has 0 saturated carbocycles. The summed E-state index contributed by atoms with van der Waals surface area (Å²) in [6.07, 6.45) is 0. The number of rotatable bonds is 7. The van der Waals surface area contributed by atoms with Gasteiger partial charge in [0.2, 0.25) is 10.0 Å². The Bertz CT molecular complexity index is 526. The third-order valence-corrected chi connectivity index (χ3v) is 3.13. The molecule has 0 aliphatic rings. The summed E-state index contributed by atoms with van der Waals surface area (Å²) in [6, 6.07) is 4.21. The van der Waals surface area contributed by atoms with E-state index in [4.69, 9.17) is 16.7 Å². The van der Waals surface area contributed by atoms with Crippen LogP contribution in [0.3, 0.4) is 0 Å². The van der Waals surface area contributed by atoms with E-state index in [1.54, 1.807) is 0 Å². The zero-order valence-corrected chi connectivity index (χ0v) is 11.3. The maximum atomic E-state index is 12.2. The van der Waals surface area contributed by atoms with Crippen LogP contribution in [-0.2, 0) is 16.6 Å². The van der Waals surface area contributed by atoms with E-state index in [1.807, 2.05) is 0 Å². The van der Waals surface area contributed by atoms with E-state index in [-0.39, 0.29) is 24.6 Å². The van der Waals surface area contributed by atoms with Crippen LogP contribution in [0.4, 0.5) is 8.78 Å². The number of ether oxygens (including phenoxy) is 1. The van der Waals surface area contributed by atoms with Crippen molar-refractivity contribution < 1.29 is 21.9 Å². The van der Waals surface area contributed by atoms with Crippen molar-refractivity contribution in [1.29, 1.82) is 0 Å². The maximum Gasteiger partial charge on any atom is 0.387 e. The van der Waals surface area contributed by atoms with Crippen LogP contribution in [0.15, 0.2) is 18.2 Å². The van der Waals surface area contributed by atoms with Crippen LogP contribution in [0.2, 0.25) is 5.02 Å². The van der Waals surface area contributed by atoms with E-state index in [0.29, 0.717) is 10.6 Å². The monoisotopic (exact) mass is 314 g/mol. The van der Waals surface area contributed by atoms with Gasteiger partial charge < -0.3 is 10.1 Å². The third kappa shape index (κ3) is 6.67. The summed E-state index contributed by atoms with van der Waals surface area (Å²) in [5, 5.41) is 7.94. The first-order valence-corrected chi connectivity index (χ1v) is 7.32. The lowest BCUT2D eigenvalue weighted by Gasteiger charge is -2.11. The lowest BCUT2D eigenvalue weighted by molar-refractivity contribution is -0.0504. The summed E-state index contributed by atoms with van der Waals surface area (Å²) in [5.41, 5.74) is 0.405. The van der Waals surface area contributed by atoms with Crippen molar-refractivity contribution in [2.75, 3.05) is 12.3 Å². The Morgan fingerprint density at radius 3 is 2.68 bits per heavy atom. The highest BCUT2D eigenvalue weighted by Crippen LogP contribution is 2.24. The predicted molar refractivity (Wildman–Crippen MR) is 67.8 cm³/mol. The highest BCUT2D eigenvalue weighted by molar-refractivity contribution is 7.89. The number of nitrogens with two attached hydrogens (primary N) is 1. The van der Waals surface area contributed by atoms with Crippen molar-refractivity contribution in [2.24, 2.45) is 5.14 Å². The average molecular weight is 315 g/mol. The number of benzene rings is 1. The molecule has 0 unspecified atom stereocenters. The molecule has 0 saturated heterocycles. The lowest BCUT2D eigenvalue weighted by Crippen LogP contribution is -2.27. The van der Waals surface area contributed by atoms with Crippen LogP contribution in [-0.4, -0.2) is 27.3 Å². The quantitative estimate of drug-likeness (QED) is 0.744. The fraction of sp³-hybridized carbons (Fsp3) is 0.400. The zero-order chi connectivity index (χ0) is 14.5. The van der Waals surface area contributed by atoms with Crippen LogP contribution in [0.1, 0.15) is 5.56 Å². The number of primary sulfonamides is 1. The molecular formula is C10H13ClF2N2O3S. The van der Waals surface area contributed by atoms with Gasteiger partial charge in [-0.1, -0.05) is 11.6 Å². The summed E-state index contributed by atoms with van der Waals surface area (Å²) in [7, 11) is -3.56. The van der Waals surface area contributed by atoms with Crippen LogP contribution < -0.4 is 15.2 Å². The minimum atomic E-state index is -3.56. The second kappa shape index (κ2) is 6.99. The highest BCUT2D eigenvalue weighted by atomic mass is 35.5. The second-order valence-electron chi connectivity index (χ2n) is 3.67. The van der Waals surface area contributed by atoms with Crippen molar-refractivity contribution in [2.45, 2.75) is 13.2 Å². The van der Waals surface area contributed by atoms with Crippen molar-refractivity contribution in [3.63, 3.8) is 0 Å². The SMILES string of the molecule is NS(=O)(=O)CCNCc1cc(Cl)ccc1OC(F)F. The van der Waals surface area contributed by atoms with Gasteiger partial charge in [0.05, 0.1) is 5.75 Å². The number of nitrogens with one attached hydrogen (secondary N) is 1. The number of hydrogen-bond donors (Lipinski definition) is 2. The first-order valence-electron chi connectivity index (χ1n) is 5.22. The van der Waals surface area contributed by atoms with Gasteiger partial charge in [0, 0.05) is 23.7 Å². The molecule has 0 aliphatic carbocycles. The fourth-order valence-electron chi connectivity index (χ4n) is 1.33. The molecule has 0 fully saturated rings. The smallest absolute Gasteiger partial charge is 0.387 e. The van der Waals surface area contributed by atoms with Crippen LogP contribution in [0, 0.1) is 0 Å². The van der Waals surface area contributed by atoms with Gasteiger partial charge in [0.15, 0.2) is 0 Å². The molecule has 9 heteroatoms. The Hall–Kier alpha value is -0.960. The number of halogens is 3. The molecule has 0 radical (unpaired) electrons. The molecule has 19 heavy (non-hydrogen) atoms. The van der Waals surface area contributed by atoms with Gasteiger partial charge in [-0.05, 0) is 18.2 Å². The molecule has 3 N–H and O–H groups in total. The molecule has 5 nitrogen and oxygen atoms in total. The maximum absolute atomic E-state index is 12.2. The Labute approximate surface area is 114 Å². The number of hydrogen-bond acceptors (Lipinski definition) is 4. The molecule has 0 aromatic heterocycles. The summed E-state index contributed by atoms with van der Waals surface area (Å²) in [6.45, 7) is -2.71. The average Bonchev–Trinajstić information content (AvgIpc) is 2.26. The van der Waals surface area contributed by atoms with Crippen LogP contribution in [0.5, 0.6) is 5.75 Å². The fourth-order valence-corrected chi connectivity index (χ4v) is 1.96. The molecule has 0 atom stereocenters. The van der Waals surface area contributed by atoms with Gasteiger partial charge in [-0.3, -0.25) is 0 Å². The Kier molecular flexibility index (Phi) is 5.92. The van der Waals surface area contributed by atoms with Crippen molar-refractivity contribution >= 4 is 21.6 Å². The van der Waals surface area contributed by atoms with Crippen molar-refractivity contribution in [3.8, 4) is 5.75 Å². The van der Waals surface area contributed by atoms with E-state index >= 15 is 0 Å². The normalized spacial score (nSPS) is 11.8. The molecule has 0 amide bonds. The van der Waals surface area contributed by atoms with Gasteiger partial charge >= 0.3 is 6.61 Å². The molecule has 1 aromatic rings. The van der Waals surface area contributed by atoms with E-state index < -0.39 is 16.6 Å². The van der Waals surface area contributed by atoms with E-state index in [0.717, 1.165) is 0 Å². The first-order chi connectivity index (χ1) is 8.78. The minimum Gasteiger partial charge on any atom is -0.434 e. The summed E-state index contributed by atoms with van der Waals surface area (Å²) >= 11 is 5.75. The molecule has 108 valence electrons. The first kappa shape index (κ1) is 16.1. The van der Waals surface area contributed by atoms with Gasteiger partial charge in [-0.25, -0.2) is 13.6 Å². The minimum absolute atomic E-state index is 0.0116. The summed E-state index contributed by atoms with van der Waals surface area (Å²) in [5.74, 6) is -0.263. The van der Waals surface area contributed by atoms with Gasteiger partial charge in [0.25, 0.3) is 0 Å². The van der Waals surface area contributed by atoms with E-state index in [2.05, 4.69) is 10.1 Å². The Morgan fingerprint density at radius 1 is 1.42 bits per heavy atom. The second-order valence-corrected chi connectivity index (χ2v) is 5.84. The lowest BCUT2D eigenvalue weighted by atomic mass is 10.2. The molecule has 1 rings (SSSR count). The number of sulfonamides is 1. The number of alkyl halides is 2. The van der Waals surface area contributed by atoms with Gasteiger partial charge in [-0.15, -0.1) is 0 Å². The van der Waals surface area contributed by atoms with Crippen molar-refractivity contribution in [3.05, 3.63) is 28.8 Å². The zero-order valence-electron chi connectivity index (χ0n) is 9.77. The standard InChI is InChI=1S/C10H13ClF2N2O3S/c11-8-1-2-9(18-10(12)13)7(5-8)6-15-3-4-19(14,16)17/h1-2,5,10,15H,3-4,6H2,(H2,14,16,17). The molecule has 1 aromatic carbocycles. The molecular weight excluding hydrogens is 302 g/mol. The van der Waals surface area contributed by atoms with Crippen molar-refractivity contribution in [1.82, 2.24) is 5.32 Å². The predicted octanol–water partition coefficient (Wildman–Crippen LogP) is 1.32. The topological polar surface area (TPSA) is 81.4 Å². The Morgan fingerprint density at radius 2 is 2.11 bits per heavy atom. The summed E-state index contributed by atoms with van der Waals surface area (Å²) < 4.78 is 50.1. The molecule has 0 bridgehead atoms. The third-order valence-electron chi connectivity index (χ3n) is 2.12. The highest BCUT2D eigenvalue weighted by Gasteiger charge is 2.10. The molecule has 0 aliphatic heterocycles. The van der Waals surface area contributed by atoms with E-state index in [9.17, 15) is 17.2 Å².